The summed E-state index contributed by atoms with van der Waals surface area (Å²) in [6.07, 6.45) is 14.9. The second-order valence-corrected chi connectivity index (χ2v) is 12.0. The average Bonchev–Trinajstić information content (AvgIpc) is 2.91. The van der Waals surface area contributed by atoms with Crippen molar-refractivity contribution in [3.8, 4) is 22.6 Å². The summed E-state index contributed by atoms with van der Waals surface area (Å²) >= 11 is 0. The van der Waals surface area contributed by atoms with E-state index in [9.17, 15) is 4.79 Å². The summed E-state index contributed by atoms with van der Waals surface area (Å²) < 4.78 is 12.7. The van der Waals surface area contributed by atoms with Crippen molar-refractivity contribution < 1.29 is 14.3 Å². The molecule has 4 rings (SSSR count). The van der Waals surface area contributed by atoms with Gasteiger partial charge in [0.15, 0.2) is 0 Å². The molecule has 2 aromatic rings. The maximum atomic E-state index is 13.1. The molecule has 5 nitrogen and oxygen atoms in total. The molecule has 2 atom stereocenters. The number of fused-ring (bicyclic) bond motifs is 3. The first-order valence-electron chi connectivity index (χ1n) is 15.0. The molecular weight excluding hydrogens is 508 g/mol. The van der Waals surface area contributed by atoms with Gasteiger partial charge in [0.1, 0.15) is 17.1 Å². The SMILES string of the molecule is CCCCCC(C)C(C)c1cc(OC(=O)CCCCN2CCCCC2)c2c(c1)OC(C)(C)c1ccncc1-2.Cl. The molecule has 0 amide bonds. The molecule has 0 N–H and O–H groups in total. The van der Waals surface area contributed by atoms with E-state index in [2.05, 4.69) is 56.6 Å². The molecule has 1 fully saturated rings. The van der Waals surface area contributed by atoms with Gasteiger partial charge in [0.25, 0.3) is 0 Å². The van der Waals surface area contributed by atoms with Crippen LogP contribution in [0.3, 0.4) is 0 Å². The van der Waals surface area contributed by atoms with Crippen LogP contribution in [0.15, 0.2) is 30.6 Å². The first kappa shape index (κ1) is 31.4. The van der Waals surface area contributed by atoms with Crippen LogP contribution in [0.2, 0.25) is 0 Å². The fourth-order valence-electron chi connectivity index (χ4n) is 6.00. The number of aromatic nitrogens is 1. The smallest absolute Gasteiger partial charge is 0.311 e. The highest BCUT2D eigenvalue weighted by Crippen LogP contribution is 2.50. The number of benzene rings is 1. The molecule has 2 aliphatic rings. The Morgan fingerprint density at radius 1 is 1.10 bits per heavy atom. The predicted molar refractivity (Wildman–Crippen MR) is 162 cm³/mol. The maximum absolute atomic E-state index is 13.1. The van der Waals surface area contributed by atoms with E-state index in [0.717, 1.165) is 41.8 Å². The van der Waals surface area contributed by atoms with Crippen LogP contribution in [-0.4, -0.2) is 35.5 Å². The highest BCUT2D eigenvalue weighted by atomic mass is 35.5. The van der Waals surface area contributed by atoms with Crippen molar-refractivity contribution in [2.75, 3.05) is 19.6 Å². The number of ether oxygens (including phenoxy) is 2. The van der Waals surface area contributed by atoms with E-state index in [4.69, 9.17) is 9.47 Å². The van der Waals surface area contributed by atoms with E-state index in [-0.39, 0.29) is 18.4 Å². The summed E-state index contributed by atoms with van der Waals surface area (Å²) in [5.74, 6) is 2.09. The van der Waals surface area contributed by atoms with Gasteiger partial charge in [0, 0.05) is 29.9 Å². The zero-order valence-corrected chi connectivity index (χ0v) is 25.6. The van der Waals surface area contributed by atoms with Crippen molar-refractivity contribution >= 4 is 18.4 Å². The average molecular weight is 557 g/mol. The second kappa shape index (κ2) is 14.5. The molecule has 39 heavy (non-hydrogen) atoms. The number of hydrogen-bond acceptors (Lipinski definition) is 5. The lowest BCUT2D eigenvalue weighted by molar-refractivity contribution is -0.134. The van der Waals surface area contributed by atoms with Crippen molar-refractivity contribution in [1.82, 2.24) is 9.88 Å². The van der Waals surface area contributed by atoms with E-state index in [1.165, 1.54) is 63.6 Å². The molecule has 216 valence electrons. The second-order valence-electron chi connectivity index (χ2n) is 12.0. The summed E-state index contributed by atoms with van der Waals surface area (Å²) in [6, 6.07) is 6.27. The molecule has 2 aliphatic heterocycles. The van der Waals surface area contributed by atoms with Gasteiger partial charge in [-0.3, -0.25) is 9.78 Å². The van der Waals surface area contributed by atoms with E-state index >= 15 is 0 Å². The first-order valence-corrected chi connectivity index (χ1v) is 15.0. The fraction of sp³-hybridized carbons (Fsp3) is 0.636. The quantitative estimate of drug-likeness (QED) is 0.149. The van der Waals surface area contributed by atoms with Gasteiger partial charge in [0.05, 0.1) is 5.56 Å². The number of esters is 1. The number of likely N-dealkylation sites (tertiary alicyclic amines) is 1. The van der Waals surface area contributed by atoms with Crippen LogP contribution in [0.25, 0.3) is 11.1 Å². The molecule has 0 radical (unpaired) electrons. The number of nitrogens with zero attached hydrogens (tertiary/aromatic N) is 2. The number of pyridine rings is 1. The summed E-state index contributed by atoms with van der Waals surface area (Å²) in [6.45, 7) is 14.5. The number of halogens is 1. The molecule has 0 saturated carbocycles. The minimum atomic E-state index is -0.490. The Kier molecular flexibility index (Phi) is 11.7. The van der Waals surface area contributed by atoms with Gasteiger partial charge < -0.3 is 14.4 Å². The Morgan fingerprint density at radius 2 is 1.87 bits per heavy atom. The van der Waals surface area contributed by atoms with Crippen LogP contribution >= 0.6 is 12.4 Å². The summed E-state index contributed by atoms with van der Waals surface area (Å²) in [7, 11) is 0. The van der Waals surface area contributed by atoms with Gasteiger partial charge in [0.2, 0.25) is 0 Å². The van der Waals surface area contributed by atoms with Crippen LogP contribution < -0.4 is 9.47 Å². The van der Waals surface area contributed by atoms with Crippen LogP contribution in [0, 0.1) is 5.92 Å². The lowest BCUT2D eigenvalue weighted by Gasteiger charge is -2.36. The topological polar surface area (TPSA) is 51.7 Å². The third-order valence-corrected chi connectivity index (χ3v) is 8.61. The molecule has 0 aliphatic carbocycles. The summed E-state index contributed by atoms with van der Waals surface area (Å²) in [5.41, 5.74) is 3.58. The Hall–Kier alpha value is -2.11. The van der Waals surface area contributed by atoms with Crippen LogP contribution in [0.5, 0.6) is 11.5 Å². The zero-order valence-electron chi connectivity index (χ0n) is 24.8. The highest BCUT2D eigenvalue weighted by molar-refractivity contribution is 5.85. The zero-order chi connectivity index (χ0) is 27.1. The standard InChI is InChI=1S/C33H48N2O3.ClH/c1-6-7-9-14-24(2)25(3)26-21-29(37-31(36)15-10-13-20-35-18-11-8-12-19-35)32-27-23-34-17-16-28(27)33(4,5)38-30(32)22-26;/h16-17,21-25H,6-15,18-20H2,1-5H3;1H. The highest BCUT2D eigenvalue weighted by Gasteiger charge is 2.35. The van der Waals surface area contributed by atoms with Gasteiger partial charge in [-0.2, -0.15) is 0 Å². The largest absolute Gasteiger partial charge is 0.482 e. The number of piperidine rings is 1. The van der Waals surface area contributed by atoms with Crippen LogP contribution in [0.4, 0.5) is 0 Å². The Balaban J connectivity index is 0.00000420. The Morgan fingerprint density at radius 3 is 2.62 bits per heavy atom. The molecule has 1 aromatic carbocycles. The van der Waals surface area contributed by atoms with E-state index < -0.39 is 5.60 Å². The summed E-state index contributed by atoms with van der Waals surface area (Å²) in [4.78, 5) is 20.0. The maximum Gasteiger partial charge on any atom is 0.311 e. The molecular formula is C33H49ClN2O3. The van der Waals surface area contributed by atoms with E-state index in [1.807, 2.05) is 12.3 Å². The van der Waals surface area contributed by atoms with Crippen molar-refractivity contribution in [2.45, 2.75) is 110 Å². The molecule has 6 heteroatoms. The summed E-state index contributed by atoms with van der Waals surface area (Å²) in [5, 5.41) is 0. The molecule has 1 aromatic heterocycles. The number of rotatable bonds is 12. The predicted octanol–water partition coefficient (Wildman–Crippen LogP) is 8.68. The number of carbonyl (C=O) groups excluding carboxylic acids is 1. The van der Waals surface area contributed by atoms with Crippen molar-refractivity contribution in [3.63, 3.8) is 0 Å². The third-order valence-electron chi connectivity index (χ3n) is 8.61. The van der Waals surface area contributed by atoms with E-state index in [0.29, 0.717) is 24.0 Å². The molecule has 1 saturated heterocycles. The monoisotopic (exact) mass is 556 g/mol. The number of unbranched alkanes of at least 4 members (excludes halogenated alkanes) is 3. The van der Waals surface area contributed by atoms with Crippen molar-refractivity contribution in [3.05, 3.63) is 41.7 Å². The molecule has 0 bridgehead atoms. The normalized spacial score (nSPS) is 17.7. The lowest BCUT2D eigenvalue weighted by atomic mass is 9.82. The van der Waals surface area contributed by atoms with Gasteiger partial charge in [-0.1, -0.05) is 52.9 Å². The van der Waals surface area contributed by atoms with Crippen molar-refractivity contribution in [1.29, 1.82) is 0 Å². The Bertz CT molecular complexity index is 1080. The fourth-order valence-corrected chi connectivity index (χ4v) is 6.00. The van der Waals surface area contributed by atoms with Gasteiger partial charge >= 0.3 is 5.97 Å². The van der Waals surface area contributed by atoms with Gasteiger partial charge in [-0.05, 0) is 94.8 Å². The van der Waals surface area contributed by atoms with E-state index in [1.54, 1.807) is 6.20 Å². The Labute approximate surface area is 242 Å². The molecule has 2 unspecified atom stereocenters. The number of hydrogen-bond donors (Lipinski definition) is 0. The first-order chi connectivity index (χ1) is 18.3. The molecule has 3 heterocycles. The number of carbonyl (C=O) groups is 1. The van der Waals surface area contributed by atoms with Crippen LogP contribution in [-0.2, 0) is 10.4 Å². The van der Waals surface area contributed by atoms with Gasteiger partial charge in [-0.25, -0.2) is 0 Å². The third kappa shape index (κ3) is 7.98. The minimum Gasteiger partial charge on any atom is -0.482 e. The molecule has 0 spiro atoms. The van der Waals surface area contributed by atoms with Gasteiger partial charge in [-0.15, -0.1) is 12.4 Å². The lowest BCUT2D eigenvalue weighted by Crippen LogP contribution is -2.30. The van der Waals surface area contributed by atoms with Crippen molar-refractivity contribution in [2.24, 2.45) is 5.92 Å². The van der Waals surface area contributed by atoms with Crippen LogP contribution in [0.1, 0.15) is 116 Å². The minimum absolute atomic E-state index is 0.